The molecule has 0 saturated carbocycles. The topological polar surface area (TPSA) is 25.8 Å². The maximum atomic E-state index is 4.02. The summed E-state index contributed by atoms with van der Waals surface area (Å²) in [6, 6.07) is 8.34. The Kier molecular flexibility index (Phi) is 8.71. The number of aromatic nitrogens is 2. The zero-order valence-corrected chi connectivity index (χ0v) is 13.0. The van der Waals surface area contributed by atoms with Crippen molar-refractivity contribution in [2.45, 2.75) is 12.8 Å². The van der Waals surface area contributed by atoms with Crippen molar-refractivity contribution < 1.29 is 0 Å². The minimum absolute atomic E-state index is 0. The van der Waals surface area contributed by atoms with Crippen LogP contribution in [0.15, 0.2) is 49.1 Å². The second-order valence-corrected chi connectivity index (χ2v) is 6.56. The van der Waals surface area contributed by atoms with Gasteiger partial charge in [0, 0.05) is 36.3 Å². The summed E-state index contributed by atoms with van der Waals surface area (Å²) in [7, 11) is 3.90. The van der Waals surface area contributed by atoms with Crippen molar-refractivity contribution in [3.05, 3.63) is 60.2 Å². The van der Waals surface area contributed by atoms with Crippen molar-refractivity contribution >= 4 is 34.0 Å². The van der Waals surface area contributed by atoms with E-state index in [1.54, 1.807) is 0 Å². The van der Waals surface area contributed by atoms with E-state index < -0.39 is 0 Å². The van der Waals surface area contributed by atoms with E-state index in [9.17, 15) is 0 Å². The van der Waals surface area contributed by atoms with E-state index in [1.165, 1.54) is 11.1 Å². The Balaban J connectivity index is 0.00000180. The minimum Gasteiger partial charge on any atom is -0.265 e. The summed E-state index contributed by atoms with van der Waals surface area (Å²) in [4.78, 5) is 8.04. The van der Waals surface area contributed by atoms with Crippen LogP contribution in [0, 0.1) is 0 Å². The van der Waals surface area contributed by atoms with Gasteiger partial charge in [-0.15, -0.1) is 12.4 Å². The lowest BCUT2D eigenvalue weighted by molar-refractivity contribution is 1.13. The Hall–Kier alpha value is -0.710. The molecule has 19 heavy (non-hydrogen) atoms. The van der Waals surface area contributed by atoms with Crippen LogP contribution in [-0.2, 0) is 12.8 Å². The molecule has 0 spiro atoms. The highest BCUT2D eigenvalue weighted by Gasteiger charge is 1.95. The number of halogens is 1. The molecule has 0 aromatic carbocycles. The average molecular weight is 313 g/mol. The molecule has 0 fully saturated rings. The molecular weight excluding hydrogens is 296 g/mol. The van der Waals surface area contributed by atoms with Gasteiger partial charge in [-0.1, -0.05) is 21.6 Å². The maximum absolute atomic E-state index is 4.02. The van der Waals surface area contributed by atoms with Gasteiger partial charge in [0.2, 0.25) is 0 Å². The third-order valence-electron chi connectivity index (χ3n) is 2.53. The lowest BCUT2D eigenvalue weighted by Crippen LogP contribution is -1.89. The smallest absolute Gasteiger partial charge is 0.0270 e. The fourth-order valence-electron chi connectivity index (χ4n) is 1.54. The van der Waals surface area contributed by atoms with Crippen LogP contribution in [0.4, 0.5) is 0 Å². The first-order valence-electron chi connectivity index (χ1n) is 5.97. The van der Waals surface area contributed by atoms with Gasteiger partial charge in [-0.25, -0.2) is 0 Å². The summed E-state index contributed by atoms with van der Waals surface area (Å²) in [6.45, 7) is 0. The highest BCUT2D eigenvalue weighted by molar-refractivity contribution is 8.76. The molecule has 0 atom stereocenters. The van der Waals surface area contributed by atoms with Crippen LogP contribution >= 0.6 is 34.0 Å². The zero-order chi connectivity index (χ0) is 12.5. The highest BCUT2D eigenvalue weighted by atomic mass is 35.5. The SMILES string of the molecule is Cl.c1cc(CCSSCCc2ccncc2)ccn1. The summed E-state index contributed by atoms with van der Waals surface area (Å²) in [6.07, 6.45) is 9.67. The summed E-state index contributed by atoms with van der Waals surface area (Å²) in [5.74, 6) is 2.32. The molecule has 0 unspecified atom stereocenters. The van der Waals surface area contributed by atoms with Gasteiger partial charge in [0.15, 0.2) is 0 Å². The predicted molar refractivity (Wildman–Crippen MR) is 88.0 cm³/mol. The molecule has 5 heteroatoms. The Morgan fingerprint density at radius 1 is 0.684 bits per heavy atom. The molecule has 0 radical (unpaired) electrons. The van der Waals surface area contributed by atoms with E-state index in [1.807, 2.05) is 46.4 Å². The molecule has 0 N–H and O–H groups in total. The standard InChI is InChI=1S/C14H16N2S2.ClH/c1-7-15-8-2-13(1)5-11-17-18-12-6-14-3-9-16-10-4-14;/h1-4,7-10H,5-6,11-12H2;1H. The van der Waals surface area contributed by atoms with Gasteiger partial charge in [0.25, 0.3) is 0 Å². The number of hydrogen-bond acceptors (Lipinski definition) is 4. The van der Waals surface area contributed by atoms with Crippen LogP contribution < -0.4 is 0 Å². The summed E-state index contributed by atoms with van der Waals surface area (Å²) in [5.41, 5.74) is 2.74. The van der Waals surface area contributed by atoms with Gasteiger partial charge in [-0.2, -0.15) is 0 Å². The Labute approximate surface area is 128 Å². The van der Waals surface area contributed by atoms with Crippen molar-refractivity contribution in [1.82, 2.24) is 9.97 Å². The van der Waals surface area contributed by atoms with Crippen LogP contribution in [-0.4, -0.2) is 21.5 Å². The van der Waals surface area contributed by atoms with E-state index in [-0.39, 0.29) is 12.4 Å². The first-order valence-corrected chi connectivity index (χ1v) is 8.46. The lowest BCUT2D eigenvalue weighted by atomic mass is 10.2. The van der Waals surface area contributed by atoms with E-state index in [4.69, 9.17) is 0 Å². The van der Waals surface area contributed by atoms with Crippen molar-refractivity contribution in [1.29, 1.82) is 0 Å². The van der Waals surface area contributed by atoms with Crippen LogP contribution in [0.1, 0.15) is 11.1 Å². The monoisotopic (exact) mass is 312 g/mol. The highest BCUT2D eigenvalue weighted by Crippen LogP contribution is 2.23. The van der Waals surface area contributed by atoms with E-state index in [0.717, 1.165) is 24.3 Å². The number of aryl methyl sites for hydroxylation is 2. The van der Waals surface area contributed by atoms with E-state index in [2.05, 4.69) is 34.2 Å². The molecule has 0 aliphatic heterocycles. The average Bonchev–Trinajstić information content (AvgIpc) is 2.45. The third kappa shape index (κ3) is 6.85. The third-order valence-corrected chi connectivity index (χ3v) is 4.94. The maximum Gasteiger partial charge on any atom is 0.0270 e. The van der Waals surface area contributed by atoms with Gasteiger partial charge in [-0.3, -0.25) is 9.97 Å². The van der Waals surface area contributed by atoms with Gasteiger partial charge in [0.1, 0.15) is 0 Å². The van der Waals surface area contributed by atoms with E-state index >= 15 is 0 Å². The van der Waals surface area contributed by atoms with Crippen LogP contribution in [0.3, 0.4) is 0 Å². The summed E-state index contributed by atoms with van der Waals surface area (Å²) >= 11 is 0. The number of pyridine rings is 2. The van der Waals surface area contributed by atoms with Crippen LogP contribution in [0.2, 0.25) is 0 Å². The van der Waals surface area contributed by atoms with Gasteiger partial charge in [-0.05, 0) is 48.2 Å². The molecule has 2 rings (SSSR count). The van der Waals surface area contributed by atoms with Crippen molar-refractivity contribution in [2.24, 2.45) is 0 Å². The van der Waals surface area contributed by atoms with Crippen molar-refractivity contribution in [2.75, 3.05) is 11.5 Å². The van der Waals surface area contributed by atoms with Crippen LogP contribution in [0.25, 0.3) is 0 Å². The Morgan fingerprint density at radius 2 is 1.05 bits per heavy atom. The van der Waals surface area contributed by atoms with Crippen LogP contribution in [0.5, 0.6) is 0 Å². The number of hydrogen-bond donors (Lipinski definition) is 0. The molecule has 0 saturated heterocycles. The lowest BCUT2D eigenvalue weighted by Gasteiger charge is -2.02. The molecule has 2 aromatic heterocycles. The summed E-state index contributed by atoms with van der Waals surface area (Å²) < 4.78 is 0. The first-order chi connectivity index (χ1) is 8.95. The van der Waals surface area contributed by atoms with Gasteiger partial charge < -0.3 is 0 Å². The van der Waals surface area contributed by atoms with Gasteiger partial charge in [0.05, 0.1) is 0 Å². The Morgan fingerprint density at radius 3 is 1.42 bits per heavy atom. The molecule has 0 aliphatic rings. The minimum atomic E-state index is 0. The molecule has 0 aliphatic carbocycles. The quantitative estimate of drug-likeness (QED) is 0.568. The van der Waals surface area contributed by atoms with Gasteiger partial charge >= 0.3 is 0 Å². The number of rotatable bonds is 7. The Bertz CT molecular complexity index is 396. The molecule has 102 valence electrons. The summed E-state index contributed by atoms with van der Waals surface area (Å²) in [5, 5.41) is 0. The largest absolute Gasteiger partial charge is 0.265 e. The fourth-order valence-corrected chi connectivity index (χ4v) is 3.62. The molecule has 2 nitrogen and oxygen atoms in total. The predicted octanol–water partition coefficient (Wildman–Crippen LogP) is 4.07. The molecule has 2 aromatic rings. The fraction of sp³-hybridized carbons (Fsp3) is 0.286. The second kappa shape index (κ2) is 10.1. The number of nitrogens with zero attached hydrogens (tertiary/aromatic N) is 2. The normalized spacial score (nSPS) is 9.89. The molecule has 2 heterocycles. The zero-order valence-electron chi connectivity index (χ0n) is 10.6. The van der Waals surface area contributed by atoms with Crippen molar-refractivity contribution in [3.8, 4) is 0 Å². The molecular formula is C14H17ClN2S2. The van der Waals surface area contributed by atoms with E-state index in [0.29, 0.717) is 0 Å². The van der Waals surface area contributed by atoms with Crippen molar-refractivity contribution in [3.63, 3.8) is 0 Å². The molecule has 0 bridgehead atoms. The second-order valence-electron chi connectivity index (χ2n) is 3.85. The molecule has 0 amide bonds. The first kappa shape index (κ1) is 16.3.